The molecule has 0 spiro atoms. The van der Waals surface area contributed by atoms with Crippen molar-refractivity contribution in [2.45, 2.75) is 0 Å². The topological polar surface area (TPSA) is 35.6 Å². The van der Waals surface area contributed by atoms with Gasteiger partial charge in [0.05, 0.1) is 33.3 Å². The predicted octanol–water partition coefficient (Wildman–Crippen LogP) is 12.5. The summed E-state index contributed by atoms with van der Waals surface area (Å²) in [5.41, 5.74) is 8.34. The van der Waals surface area contributed by atoms with Crippen LogP contribution < -0.4 is 0 Å². The molecule has 8 aromatic carbocycles. The summed E-state index contributed by atoms with van der Waals surface area (Å²) in [4.78, 5) is 10.7. The van der Waals surface area contributed by atoms with Crippen LogP contribution in [0.1, 0.15) is 0 Å². The van der Waals surface area contributed by atoms with Crippen molar-refractivity contribution >= 4 is 87.7 Å². The van der Waals surface area contributed by atoms with E-state index >= 15 is 0 Å². The Morgan fingerprint density at radius 2 is 1.08 bits per heavy atom. The molecule has 0 atom stereocenters. The number of aromatic nitrogens is 4. The average Bonchev–Trinajstić information content (AvgIpc) is 3.68. The van der Waals surface area contributed by atoms with Crippen LogP contribution in [-0.2, 0) is 0 Å². The van der Waals surface area contributed by atoms with Gasteiger partial charge in [0, 0.05) is 43.2 Å². The maximum Gasteiger partial charge on any atom is 0.235 e. The number of benzene rings is 8. The Morgan fingerprint density at radius 3 is 1.94 bits per heavy atom. The summed E-state index contributed by atoms with van der Waals surface area (Å²) in [6.07, 6.45) is 0. The first-order valence-electron chi connectivity index (χ1n) is 17.1. The third kappa shape index (κ3) is 4.21. The molecule has 51 heavy (non-hydrogen) atoms. The number of hydrogen-bond donors (Lipinski definition) is 0. The van der Waals surface area contributed by atoms with E-state index in [1.54, 1.807) is 0 Å². The lowest BCUT2D eigenvalue weighted by Crippen LogP contribution is -2.03. The summed E-state index contributed by atoms with van der Waals surface area (Å²) >= 11 is 6.60. The van der Waals surface area contributed by atoms with Crippen LogP contribution in [0, 0.1) is 0 Å². The first-order valence-corrected chi connectivity index (χ1v) is 17.5. The van der Waals surface area contributed by atoms with Crippen molar-refractivity contribution in [3.05, 3.63) is 169 Å². The van der Waals surface area contributed by atoms with E-state index in [4.69, 9.17) is 21.6 Å². The molecule has 3 aromatic heterocycles. The third-order valence-electron chi connectivity index (χ3n) is 10.3. The van der Waals surface area contributed by atoms with Crippen molar-refractivity contribution in [3.8, 4) is 22.9 Å². The van der Waals surface area contributed by atoms with E-state index in [2.05, 4.69) is 155 Å². The SMILES string of the molecule is Clc1ccc2c(c1)c1cc3ccccc3cc1n2-c1nc(-c2ccc3c(c2)c2c4ccccc4ccc2n3-c2ccccc2)c2ccccc2n1. The number of halogens is 1. The molecule has 4 nitrogen and oxygen atoms in total. The Bertz CT molecular complexity index is 3210. The number of nitrogens with zero attached hydrogens (tertiary/aromatic N) is 4. The van der Waals surface area contributed by atoms with Crippen LogP contribution in [0.15, 0.2) is 164 Å². The van der Waals surface area contributed by atoms with Gasteiger partial charge in [0.25, 0.3) is 0 Å². The summed E-state index contributed by atoms with van der Waals surface area (Å²) in [5, 5.41) is 11.1. The molecule has 0 amide bonds. The highest BCUT2D eigenvalue weighted by Crippen LogP contribution is 2.41. The van der Waals surface area contributed by atoms with Gasteiger partial charge in [-0.3, -0.25) is 4.57 Å². The monoisotopic (exact) mass is 670 g/mol. The second kappa shape index (κ2) is 10.8. The highest BCUT2D eigenvalue weighted by Gasteiger charge is 2.20. The minimum atomic E-state index is 0.624. The molecule has 11 aromatic rings. The van der Waals surface area contributed by atoms with Crippen molar-refractivity contribution in [1.82, 2.24) is 19.1 Å². The summed E-state index contributed by atoms with van der Waals surface area (Å²) in [7, 11) is 0. The summed E-state index contributed by atoms with van der Waals surface area (Å²) < 4.78 is 4.56. The zero-order valence-electron chi connectivity index (χ0n) is 27.3. The smallest absolute Gasteiger partial charge is 0.235 e. The van der Waals surface area contributed by atoms with Crippen molar-refractivity contribution in [1.29, 1.82) is 0 Å². The summed E-state index contributed by atoms with van der Waals surface area (Å²) in [5.74, 6) is 0.624. The predicted molar refractivity (Wildman–Crippen MR) is 214 cm³/mol. The number of para-hydroxylation sites is 2. The molecule has 5 heteroatoms. The van der Waals surface area contributed by atoms with Crippen molar-refractivity contribution in [2.75, 3.05) is 0 Å². The Balaban J connectivity index is 1.23. The molecule has 3 heterocycles. The van der Waals surface area contributed by atoms with Crippen molar-refractivity contribution in [3.63, 3.8) is 0 Å². The molecule has 0 unspecified atom stereocenters. The van der Waals surface area contributed by atoms with Crippen LogP contribution in [0.3, 0.4) is 0 Å². The van der Waals surface area contributed by atoms with Gasteiger partial charge < -0.3 is 4.57 Å². The lowest BCUT2D eigenvalue weighted by molar-refractivity contribution is 1.01. The van der Waals surface area contributed by atoms with E-state index in [9.17, 15) is 0 Å². The van der Waals surface area contributed by atoms with E-state index < -0.39 is 0 Å². The lowest BCUT2D eigenvalue weighted by atomic mass is 10.0. The second-order valence-electron chi connectivity index (χ2n) is 13.2. The summed E-state index contributed by atoms with van der Waals surface area (Å²) in [6, 6.07) is 57.9. The van der Waals surface area contributed by atoms with Gasteiger partial charge in [0.1, 0.15) is 0 Å². The lowest BCUT2D eigenvalue weighted by Gasteiger charge is -2.12. The normalized spacial score (nSPS) is 12.0. The van der Waals surface area contributed by atoms with Crippen LogP contribution >= 0.6 is 11.6 Å². The molecule has 0 radical (unpaired) electrons. The molecule has 0 fully saturated rings. The Kier molecular flexibility index (Phi) is 5.98. The van der Waals surface area contributed by atoms with Crippen LogP contribution in [-0.4, -0.2) is 19.1 Å². The zero-order chi connectivity index (χ0) is 33.6. The summed E-state index contributed by atoms with van der Waals surface area (Å²) in [6.45, 7) is 0. The molecule has 0 bridgehead atoms. The average molecular weight is 671 g/mol. The molecule has 0 aliphatic carbocycles. The van der Waals surface area contributed by atoms with E-state index in [-0.39, 0.29) is 0 Å². The molecule has 0 N–H and O–H groups in total. The Morgan fingerprint density at radius 1 is 0.412 bits per heavy atom. The minimum absolute atomic E-state index is 0.624. The minimum Gasteiger partial charge on any atom is -0.309 e. The van der Waals surface area contributed by atoms with Crippen molar-refractivity contribution in [2.24, 2.45) is 0 Å². The van der Waals surface area contributed by atoms with Gasteiger partial charge in [-0.15, -0.1) is 0 Å². The first kappa shape index (κ1) is 28.4. The standard InChI is InChI=1S/C46H27ClN4/c47-32-20-23-40-37(27-32)36-24-29-11-4-5-12-30(29)26-43(36)51(40)46-48-39-17-9-8-16-35(39)45(49-46)31-19-21-41-38(25-31)44-34-15-7-6-10-28(34)18-22-42(44)50(41)33-13-2-1-3-14-33/h1-27H. The molecular formula is C46H27ClN4. The highest BCUT2D eigenvalue weighted by atomic mass is 35.5. The fourth-order valence-electron chi connectivity index (χ4n) is 8.07. The molecular weight excluding hydrogens is 644 g/mol. The molecule has 0 saturated heterocycles. The maximum atomic E-state index is 6.60. The van der Waals surface area contributed by atoms with E-state index in [0.717, 1.165) is 60.6 Å². The molecule has 0 saturated carbocycles. The van der Waals surface area contributed by atoms with Crippen LogP contribution in [0.25, 0.3) is 99.0 Å². The number of fused-ring (bicyclic) bond motifs is 10. The molecule has 11 rings (SSSR count). The fourth-order valence-corrected chi connectivity index (χ4v) is 8.24. The van der Waals surface area contributed by atoms with E-state index in [1.165, 1.54) is 32.4 Å². The van der Waals surface area contributed by atoms with Crippen LogP contribution in [0.4, 0.5) is 0 Å². The zero-order valence-corrected chi connectivity index (χ0v) is 28.0. The van der Waals surface area contributed by atoms with Gasteiger partial charge in [-0.2, -0.15) is 0 Å². The van der Waals surface area contributed by atoms with Gasteiger partial charge in [-0.05, 0) is 88.3 Å². The van der Waals surface area contributed by atoms with Crippen LogP contribution in [0.2, 0.25) is 5.02 Å². The fraction of sp³-hybridized carbons (Fsp3) is 0. The largest absolute Gasteiger partial charge is 0.309 e. The maximum absolute atomic E-state index is 6.60. The van der Waals surface area contributed by atoms with Gasteiger partial charge in [-0.25, -0.2) is 9.97 Å². The number of rotatable bonds is 3. The quantitative estimate of drug-likeness (QED) is 0.187. The second-order valence-corrected chi connectivity index (χ2v) is 13.6. The van der Waals surface area contributed by atoms with Gasteiger partial charge in [0.2, 0.25) is 5.95 Å². The first-order chi connectivity index (χ1) is 25.2. The Labute approximate surface area is 297 Å². The highest BCUT2D eigenvalue weighted by molar-refractivity contribution is 6.32. The molecule has 0 aliphatic heterocycles. The number of hydrogen-bond acceptors (Lipinski definition) is 2. The van der Waals surface area contributed by atoms with Gasteiger partial charge >= 0.3 is 0 Å². The molecule has 238 valence electrons. The van der Waals surface area contributed by atoms with Crippen molar-refractivity contribution < 1.29 is 0 Å². The van der Waals surface area contributed by atoms with E-state index in [0.29, 0.717) is 11.0 Å². The van der Waals surface area contributed by atoms with Crippen LogP contribution in [0.5, 0.6) is 0 Å². The van der Waals surface area contributed by atoms with Gasteiger partial charge in [-0.1, -0.05) is 109 Å². The van der Waals surface area contributed by atoms with Gasteiger partial charge in [0.15, 0.2) is 0 Å². The third-order valence-corrected chi connectivity index (χ3v) is 10.6. The Hall–Kier alpha value is -6.49. The molecule has 0 aliphatic rings. The van der Waals surface area contributed by atoms with E-state index in [1.807, 2.05) is 18.2 Å².